The molecule has 1 aromatic rings. The van der Waals surface area contributed by atoms with Crippen LogP contribution in [0.2, 0.25) is 0 Å². The molecule has 1 heterocycles. The maximum absolute atomic E-state index is 13.0. The first kappa shape index (κ1) is 20.4. The Morgan fingerprint density at radius 3 is 2.42 bits per heavy atom. The van der Waals surface area contributed by atoms with Crippen LogP contribution in [0.5, 0.6) is 0 Å². The number of carboxylic acid groups (broad SMARTS) is 1. The summed E-state index contributed by atoms with van der Waals surface area (Å²) in [7, 11) is -2.17. The third kappa shape index (κ3) is 4.82. The van der Waals surface area contributed by atoms with Crippen molar-refractivity contribution in [2.75, 3.05) is 26.7 Å². The van der Waals surface area contributed by atoms with Crippen molar-refractivity contribution in [2.24, 2.45) is 11.8 Å². The summed E-state index contributed by atoms with van der Waals surface area (Å²) in [6.07, 6.45) is 0.836. The summed E-state index contributed by atoms with van der Waals surface area (Å²) < 4.78 is 27.4. The van der Waals surface area contributed by atoms with E-state index in [-0.39, 0.29) is 23.4 Å². The van der Waals surface area contributed by atoms with Gasteiger partial charge < -0.3 is 10.0 Å². The van der Waals surface area contributed by atoms with Gasteiger partial charge in [-0.05, 0) is 36.5 Å². The molecule has 2 rings (SSSR count). The summed E-state index contributed by atoms with van der Waals surface area (Å²) in [5, 5.41) is 8.73. The molecule has 1 saturated heterocycles. The van der Waals surface area contributed by atoms with E-state index in [1.54, 1.807) is 12.1 Å². The van der Waals surface area contributed by atoms with E-state index in [9.17, 15) is 18.0 Å². The van der Waals surface area contributed by atoms with Gasteiger partial charge in [0, 0.05) is 32.2 Å². The lowest BCUT2D eigenvalue weighted by molar-refractivity contribution is -0.137. The molecule has 1 aromatic carbocycles. The highest BCUT2D eigenvalue weighted by atomic mass is 32.2. The second-order valence-electron chi connectivity index (χ2n) is 7.17. The Morgan fingerprint density at radius 1 is 1.23 bits per heavy atom. The van der Waals surface area contributed by atoms with E-state index in [2.05, 4.69) is 0 Å². The van der Waals surface area contributed by atoms with Crippen molar-refractivity contribution in [3.05, 3.63) is 29.8 Å². The Kier molecular flexibility index (Phi) is 6.41. The average Bonchev–Trinajstić information content (AvgIpc) is 2.58. The number of rotatable bonds is 6. The third-order valence-electron chi connectivity index (χ3n) is 4.56. The highest BCUT2D eigenvalue weighted by molar-refractivity contribution is 7.89. The number of sulfonamides is 1. The Bertz CT molecular complexity index is 768. The standard InChI is InChI=1S/C18H26N2O5S/c1-13-9-14(2)12-20(11-13)26(24,25)16-6-4-5-15(10-16)18(23)19(3)8-7-17(21)22/h4-6,10,13-14H,7-9,11-12H2,1-3H3,(H,21,22). The lowest BCUT2D eigenvalue weighted by atomic mass is 9.94. The summed E-state index contributed by atoms with van der Waals surface area (Å²) in [5.41, 5.74) is 0.233. The number of benzene rings is 1. The van der Waals surface area contributed by atoms with Crippen molar-refractivity contribution >= 4 is 21.9 Å². The lowest BCUT2D eigenvalue weighted by Crippen LogP contribution is -2.42. The molecule has 7 nitrogen and oxygen atoms in total. The molecule has 0 bridgehead atoms. The summed E-state index contributed by atoms with van der Waals surface area (Å²) in [4.78, 5) is 24.5. The lowest BCUT2D eigenvalue weighted by Gasteiger charge is -2.34. The quantitative estimate of drug-likeness (QED) is 0.811. The number of nitrogens with zero attached hydrogens (tertiary/aromatic N) is 2. The van der Waals surface area contributed by atoms with Crippen LogP contribution in [0.1, 0.15) is 37.0 Å². The summed E-state index contributed by atoms with van der Waals surface area (Å²) in [6.45, 7) is 5.09. The van der Waals surface area contributed by atoms with Gasteiger partial charge in [-0.3, -0.25) is 9.59 Å². The maximum atomic E-state index is 13.0. The first-order chi connectivity index (χ1) is 12.1. The fourth-order valence-electron chi connectivity index (χ4n) is 3.33. The molecule has 26 heavy (non-hydrogen) atoms. The minimum Gasteiger partial charge on any atom is -0.481 e. The zero-order valence-corrected chi connectivity index (χ0v) is 16.2. The second kappa shape index (κ2) is 8.18. The Morgan fingerprint density at radius 2 is 1.85 bits per heavy atom. The van der Waals surface area contributed by atoms with Crippen LogP contribution in [0.25, 0.3) is 0 Å². The van der Waals surface area contributed by atoms with Crippen LogP contribution < -0.4 is 0 Å². The van der Waals surface area contributed by atoms with Crippen LogP contribution in [-0.2, 0) is 14.8 Å². The van der Waals surface area contributed by atoms with E-state index < -0.39 is 21.9 Å². The van der Waals surface area contributed by atoms with Crippen molar-refractivity contribution in [1.29, 1.82) is 0 Å². The first-order valence-electron chi connectivity index (χ1n) is 8.68. The van der Waals surface area contributed by atoms with Gasteiger partial charge in [-0.25, -0.2) is 8.42 Å². The summed E-state index contributed by atoms with van der Waals surface area (Å²) in [6, 6.07) is 5.95. The van der Waals surface area contributed by atoms with Crippen molar-refractivity contribution < 1.29 is 23.1 Å². The zero-order chi connectivity index (χ0) is 19.5. The molecular formula is C18H26N2O5S. The van der Waals surface area contributed by atoms with Crippen LogP contribution >= 0.6 is 0 Å². The molecule has 2 atom stereocenters. The van der Waals surface area contributed by atoms with Gasteiger partial charge in [0.25, 0.3) is 5.91 Å². The third-order valence-corrected chi connectivity index (χ3v) is 6.39. The molecule has 2 unspecified atom stereocenters. The van der Waals surface area contributed by atoms with E-state index in [4.69, 9.17) is 5.11 Å². The molecule has 0 saturated carbocycles. The average molecular weight is 382 g/mol. The number of hydrogen-bond donors (Lipinski definition) is 1. The van der Waals surface area contributed by atoms with Crippen LogP contribution in [0.15, 0.2) is 29.2 Å². The Balaban J connectivity index is 2.22. The number of piperidine rings is 1. The fourth-order valence-corrected chi connectivity index (χ4v) is 5.05. The van der Waals surface area contributed by atoms with Gasteiger partial charge >= 0.3 is 5.97 Å². The van der Waals surface area contributed by atoms with Crippen LogP contribution in [0.3, 0.4) is 0 Å². The summed E-state index contributed by atoms with van der Waals surface area (Å²) >= 11 is 0. The van der Waals surface area contributed by atoms with Crippen molar-refractivity contribution in [3.63, 3.8) is 0 Å². The van der Waals surface area contributed by atoms with E-state index in [1.165, 1.54) is 28.4 Å². The summed E-state index contributed by atoms with van der Waals surface area (Å²) in [5.74, 6) is -0.806. The number of carbonyl (C=O) groups excluding carboxylic acids is 1. The van der Waals surface area contributed by atoms with Gasteiger partial charge in [0.2, 0.25) is 10.0 Å². The molecule has 8 heteroatoms. The molecule has 1 aliphatic heterocycles. The Hall–Kier alpha value is -1.93. The molecule has 1 N–H and O–H groups in total. The van der Waals surface area contributed by atoms with Crippen molar-refractivity contribution in [3.8, 4) is 0 Å². The van der Waals surface area contributed by atoms with Crippen molar-refractivity contribution in [1.82, 2.24) is 9.21 Å². The number of aliphatic carboxylic acids is 1. The molecule has 1 aliphatic rings. The second-order valence-corrected chi connectivity index (χ2v) is 9.10. The maximum Gasteiger partial charge on any atom is 0.305 e. The van der Waals surface area contributed by atoms with E-state index in [0.29, 0.717) is 24.9 Å². The number of hydrogen-bond acceptors (Lipinski definition) is 4. The highest BCUT2D eigenvalue weighted by Gasteiger charge is 2.32. The van der Waals surface area contributed by atoms with Gasteiger partial charge in [-0.15, -0.1) is 0 Å². The predicted molar refractivity (Wildman–Crippen MR) is 97.4 cm³/mol. The molecule has 0 spiro atoms. The molecule has 0 radical (unpaired) electrons. The molecule has 0 aliphatic carbocycles. The van der Waals surface area contributed by atoms with E-state index in [1.807, 2.05) is 13.8 Å². The first-order valence-corrected chi connectivity index (χ1v) is 10.1. The largest absolute Gasteiger partial charge is 0.481 e. The fraction of sp³-hybridized carbons (Fsp3) is 0.556. The van der Waals surface area contributed by atoms with Crippen molar-refractivity contribution in [2.45, 2.75) is 31.6 Å². The molecule has 1 amide bonds. The predicted octanol–water partition coefficient (Wildman–Crippen LogP) is 1.90. The van der Waals surface area contributed by atoms with E-state index >= 15 is 0 Å². The van der Waals surface area contributed by atoms with Crippen LogP contribution in [0, 0.1) is 11.8 Å². The number of amides is 1. The number of carboxylic acids is 1. The molecule has 144 valence electrons. The van der Waals surface area contributed by atoms with E-state index in [0.717, 1.165) is 6.42 Å². The van der Waals surface area contributed by atoms with Gasteiger partial charge in [-0.1, -0.05) is 19.9 Å². The van der Waals surface area contributed by atoms with Gasteiger partial charge in [-0.2, -0.15) is 4.31 Å². The number of carbonyl (C=O) groups is 2. The van der Waals surface area contributed by atoms with Gasteiger partial charge in [0.15, 0.2) is 0 Å². The van der Waals surface area contributed by atoms with Crippen LogP contribution in [0.4, 0.5) is 0 Å². The molecule has 1 fully saturated rings. The Labute approximate surface area is 154 Å². The van der Waals surface area contributed by atoms with Gasteiger partial charge in [0.1, 0.15) is 0 Å². The minimum atomic E-state index is -3.67. The smallest absolute Gasteiger partial charge is 0.305 e. The highest BCUT2D eigenvalue weighted by Crippen LogP contribution is 2.27. The minimum absolute atomic E-state index is 0.0618. The zero-order valence-electron chi connectivity index (χ0n) is 15.4. The molecular weight excluding hydrogens is 356 g/mol. The topological polar surface area (TPSA) is 95.0 Å². The van der Waals surface area contributed by atoms with Gasteiger partial charge in [0.05, 0.1) is 11.3 Å². The molecule has 0 aromatic heterocycles. The normalized spacial score (nSPS) is 21.3. The monoisotopic (exact) mass is 382 g/mol. The van der Waals surface area contributed by atoms with Crippen LogP contribution in [-0.4, -0.2) is 61.3 Å². The SMILES string of the molecule is CC1CC(C)CN(S(=O)(=O)c2cccc(C(=O)N(C)CCC(=O)O)c2)C1.